The van der Waals surface area contributed by atoms with Crippen LogP contribution in [-0.4, -0.2) is 67.6 Å². The molecule has 0 radical (unpaired) electrons. The van der Waals surface area contributed by atoms with E-state index in [1.54, 1.807) is 36.1 Å². The molecule has 3 N–H and O–H groups in total. The normalized spacial score (nSPS) is 20.3. The second kappa shape index (κ2) is 13.6. The average molecular weight is 710 g/mol. The fourth-order valence-corrected chi connectivity index (χ4v) is 9.90. The van der Waals surface area contributed by atoms with Crippen molar-refractivity contribution in [2.24, 2.45) is 12.5 Å². The SMILES string of the molecule is Cn1nc2nc1-c1cc(ccn1)Sc1c(F)c(F)c3[nH]ccc3c1CCS(=O)(=O)CC(C)(C)CCC[C@]2(C)c1cccc(C[C@H](O)CO)c1. The molecule has 4 bridgehead atoms. The van der Waals surface area contributed by atoms with E-state index in [1.807, 2.05) is 38.1 Å². The number of hydrogen-bond acceptors (Lipinski definition) is 8. The Morgan fingerprint density at radius 2 is 1.90 bits per heavy atom. The molecule has 0 fully saturated rings. The maximum atomic E-state index is 15.8. The van der Waals surface area contributed by atoms with E-state index in [0.29, 0.717) is 52.5 Å². The van der Waals surface area contributed by atoms with Crippen molar-refractivity contribution in [2.45, 2.75) is 74.2 Å². The lowest BCUT2D eigenvalue weighted by atomic mass is 9.75. The first kappa shape index (κ1) is 35.2. The molecule has 0 amide bonds. The van der Waals surface area contributed by atoms with E-state index >= 15 is 8.78 Å². The van der Waals surface area contributed by atoms with Gasteiger partial charge in [0.15, 0.2) is 33.1 Å². The first-order valence-corrected chi connectivity index (χ1v) is 18.9. The number of rotatable bonds is 4. The lowest BCUT2D eigenvalue weighted by Gasteiger charge is -2.31. The number of nitrogens with one attached hydrogen (secondary N) is 1. The highest BCUT2D eigenvalue weighted by Crippen LogP contribution is 2.41. The summed E-state index contributed by atoms with van der Waals surface area (Å²) in [6, 6.07) is 12.9. The Hall–Kier alpha value is -3.65. The van der Waals surface area contributed by atoms with Gasteiger partial charge in [0.2, 0.25) is 0 Å². The molecule has 2 atom stereocenters. The highest BCUT2D eigenvalue weighted by atomic mass is 32.2. The monoisotopic (exact) mass is 709 g/mol. The molecule has 13 heteroatoms. The summed E-state index contributed by atoms with van der Waals surface area (Å²) in [5.41, 5.74) is 1.44. The van der Waals surface area contributed by atoms with Gasteiger partial charge in [-0.2, -0.15) is 5.10 Å². The van der Waals surface area contributed by atoms with Crippen LogP contribution in [0.4, 0.5) is 8.78 Å². The average Bonchev–Trinajstić information content (AvgIpc) is 3.70. The lowest BCUT2D eigenvalue weighted by molar-refractivity contribution is 0.0955. The molecule has 49 heavy (non-hydrogen) atoms. The number of H-pyrrole nitrogens is 1. The molecule has 6 rings (SSSR count). The number of pyridine rings is 1. The number of sulfone groups is 1. The van der Waals surface area contributed by atoms with Crippen LogP contribution in [0.1, 0.15) is 62.5 Å². The highest BCUT2D eigenvalue weighted by Gasteiger charge is 2.36. The predicted molar refractivity (Wildman–Crippen MR) is 186 cm³/mol. The van der Waals surface area contributed by atoms with Crippen LogP contribution in [0.15, 0.2) is 64.6 Å². The Kier molecular flexibility index (Phi) is 9.75. The maximum Gasteiger partial charge on any atom is 0.184 e. The Morgan fingerprint density at radius 1 is 1.10 bits per heavy atom. The van der Waals surface area contributed by atoms with E-state index in [4.69, 9.17) is 10.1 Å². The first-order chi connectivity index (χ1) is 23.2. The van der Waals surface area contributed by atoms with E-state index in [1.165, 1.54) is 6.20 Å². The van der Waals surface area contributed by atoms with Crippen molar-refractivity contribution >= 4 is 32.5 Å². The van der Waals surface area contributed by atoms with Crippen molar-refractivity contribution in [3.8, 4) is 11.5 Å². The van der Waals surface area contributed by atoms with Crippen LogP contribution < -0.4 is 0 Å². The molecule has 1 aliphatic heterocycles. The summed E-state index contributed by atoms with van der Waals surface area (Å²) >= 11 is 1.03. The summed E-state index contributed by atoms with van der Waals surface area (Å²) in [4.78, 5) is 12.9. The van der Waals surface area contributed by atoms with Crippen LogP contribution in [0.25, 0.3) is 22.4 Å². The summed E-state index contributed by atoms with van der Waals surface area (Å²) < 4.78 is 60.0. The number of aromatic nitrogens is 5. The van der Waals surface area contributed by atoms with Gasteiger partial charge in [-0.25, -0.2) is 26.9 Å². The molecule has 3 aromatic heterocycles. The fraction of sp³-hybridized carbons (Fsp3) is 0.417. The fourth-order valence-electron chi connectivity index (χ4n) is 6.86. The highest BCUT2D eigenvalue weighted by molar-refractivity contribution is 7.99. The van der Waals surface area contributed by atoms with Crippen LogP contribution in [-0.2, 0) is 35.1 Å². The molecule has 0 spiro atoms. The van der Waals surface area contributed by atoms with Crippen LogP contribution in [0.2, 0.25) is 0 Å². The number of hydrogen-bond donors (Lipinski definition) is 3. The van der Waals surface area contributed by atoms with Crippen molar-refractivity contribution in [1.29, 1.82) is 0 Å². The van der Waals surface area contributed by atoms with Gasteiger partial charge in [-0.05, 0) is 66.5 Å². The Bertz CT molecular complexity index is 2110. The van der Waals surface area contributed by atoms with Gasteiger partial charge in [0.05, 0.1) is 40.0 Å². The lowest BCUT2D eigenvalue weighted by Crippen LogP contribution is -2.29. The van der Waals surface area contributed by atoms with E-state index in [0.717, 1.165) is 22.9 Å². The zero-order valence-corrected chi connectivity index (χ0v) is 29.6. The van der Waals surface area contributed by atoms with Crippen LogP contribution in [0.5, 0.6) is 0 Å². The largest absolute Gasteiger partial charge is 0.394 e. The molecule has 0 saturated carbocycles. The Labute approximate surface area is 289 Å². The first-order valence-electron chi connectivity index (χ1n) is 16.3. The number of benzene rings is 2. The molecule has 0 unspecified atom stereocenters. The van der Waals surface area contributed by atoms with E-state index < -0.39 is 38.4 Å². The molecule has 2 aromatic carbocycles. The van der Waals surface area contributed by atoms with Gasteiger partial charge < -0.3 is 15.2 Å². The summed E-state index contributed by atoms with van der Waals surface area (Å²) in [5.74, 6) is -1.28. The number of aliphatic hydroxyl groups is 2. The Morgan fingerprint density at radius 3 is 2.67 bits per heavy atom. The van der Waals surface area contributed by atoms with Crippen LogP contribution in [0, 0.1) is 17.0 Å². The number of halogens is 2. The minimum absolute atomic E-state index is 0.0110. The third-order valence-corrected chi connectivity index (χ3v) is 12.6. The van der Waals surface area contributed by atoms with Gasteiger partial charge in [0, 0.05) is 36.1 Å². The van der Waals surface area contributed by atoms with Crippen molar-refractivity contribution in [2.75, 3.05) is 18.1 Å². The maximum absolute atomic E-state index is 15.8. The number of nitrogens with zero attached hydrogens (tertiary/aromatic N) is 4. The van der Waals surface area contributed by atoms with E-state index in [2.05, 4.69) is 16.9 Å². The van der Waals surface area contributed by atoms with E-state index in [9.17, 15) is 18.6 Å². The number of aliphatic hydroxyl groups excluding tert-OH is 2. The third kappa shape index (κ3) is 7.30. The van der Waals surface area contributed by atoms with Crippen molar-refractivity contribution in [3.63, 3.8) is 0 Å². The minimum atomic E-state index is -3.60. The zero-order chi connectivity index (χ0) is 35.1. The Balaban J connectivity index is 1.49. The molecule has 0 aliphatic carbocycles. The summed E-state index contributed by atoms with van der Waals surface area (Å²) in [6.07, 6.45) is 4.39. The van der Waals surface area contributed by atoms with Crippen molar-refractivity contribution in [1.82, 2.24) is 24.7 Å². The van der Waals surface area contributed by atoms with Crippen LogP contribution in [0.3, 0.4) is 0 Å². The zero-order valence-electron chi connectivity index (χ0n) is 28.0. The number of aromatic amines is 1. The van der Waals surface area contributed by atoms with Gasteiger partial charge in [-0.15, -0.1) is 0 Å². The molecular formula is C36H41F2N5O4S2. The minimum Gasteiger partial charge on any atom is -0.394 e. The van der Waals surface area contributed by atoms with Gasteiger partial charge in [-0.3, -0.25) is 4.98 Å². The molecule has 0 saturated heterocycles. The number of aryl methyl sites for hydroxylation is 2. The van der Waals surface area contributed by atoms with Gasteiger partial charge in [0.25, 0.3) is 0 Å². The molecule has 4 heterocycles. The number of fused-ring (bicyclic) bond motifs is 8. The molecule has 5 aromatic rings. The quantitative estimate of drug-likeness (QED) is 0.202. The predicted octanol–water partition coefficient (Wildman–Crippen LogP) is 6.16. The smallest absolute Gasteiger partial charge is 0.184 e. The standard InChI is InChI=1S/C36H41F2N5O4S2/c1-35(2)12-6-13-36(3,23-8-5-7-22(17-23)18-24(45)20-44)34-41-33(43(4)42-34)28-19-25(9-14-39-28)48-32-27(11-16-49(46,47)21-35)26-10-15-40-31(26)29(37)30(32)38/h5,7-10,14-15,17,19,24,40,44-45H,6,11-13,16,18,20-21H2,1-4H3/t24-,36+/m0/s1. The van der Waals surface area contributed by atoms with Gasteiger partial charge in [0.1, 0.15) is 5.69 Å². The molecule has 260 valence electrons. The van der Waals surface area contributed by atoms with E-state index in [-0.39, 0.29) is 41.4 Å². The second-order valence-corrected chi connectivity index (χ2v) is 17.3. The topological polar surface area (TPSA) is 134 Å². The van der Waals surface area contributed by atoms with Gasteiger partial charge in [-0.1, -0.05) is 56.3 Å². The summed E-state index contributed by atoms with van der Waals surface area (Å²) in [5, 5.41) is 24.9. The van der Waals surface area contributed by atoms with Gasteiger partial charge >= 0.3 is 0 Å². The van der Waals surface area contributed by atoms with Crippen molar-refractivity contribution < 1.29 is 27.4 Å². The van der Waals surface area contributed by atoms with Crippen molar-refractivity contribution in [3.05, 3.63) is 89.0 Å². The summed E-state index contributed by atoms with van der Waals surface area (Å²) in [6.45, 7) is 5.59. The molecule has 1 aliphatic rings. The second-order valence-electron chi connectivity index (χ2n) is 14.0. The molecular weight excluding hydrogens is 669 g/mol. The molecule has 9 nitrogen and oxygen atoms in total. The van der Waals surface area contributed by atoms with Crippen LogP contribution >= 0.6 is 11.8 Å². The third-order valence-electron chi connectivity index (χ3n) is 9.44. The summed E-state index contributed by atoms with van der Waals surface area (Å²) in [7, 11) is -1.82.